The van der Waals surface area contributed by atoms with Gasteiger partial charge in [-0.3, -0.25) is 19.3 Å². The average Bonchev–Trinajstić information content (AvgIpc) is 3.17. The number of hydrogen-bond acceptors (Lipinski definition) is 5. The molecule has 4 rings (SSSR count). The van der Waals surface area contributed by atoms with Crippen molar-refractivity contribution >= 4 is 35.1 Å². The first-order valence-corrected chi connectivity index (χ1v) is 10.2. The van der Waals surface area contributed by atoms with Crippen LogP contribution >= 0.6 is 0 Å². The zero-order valence-electron chi connectivity index (χ0n) is 17.4. The van der Waals surface area contributed by atoms with Crippen LogP contribution in [-0.4, -0.2) is 23.7 Å². The van der Waals surface area contributed by atoms with Gasteiger partial charge in [0, 0.05) is 24.1 Å². The van der Waals surface area contributed by atoms with Gasteiger partial charge in [-0.05, 0) is 48.5 Å². The molecule has 0 saturated carbocycles. The first-order chi connectivity index (χ1) is 15.9. The highest BCUT2D eigenvalue weighted by molar-refractivity contribution is 6.19. The van der Waals surface area contributed by atoms with E-state index in [9.17, 15) is 23.6 Å². The van der Waals surface area contributed by atoms with E-state index in [1.807, 2.05) is 0 Å². The number of esters is 1. The molecule has 1 heterocycles. The van der Waals surface area contributed by atoms with Crippen LogP contribution in [0.5, 0.6) is 0 Å². The molecule has 3 aromatic carbocycles. The lowest BCUT2D eigenvalue weighted by atomic mass is 10.1. The molecule has 0 bridgehead atoms. The van der Waals surface area contributed by atoms with Crippen LogP contribution in [0, 0.1) is 5.82 Å². The summed E-state index contributed by atoms with van der Waals surface area (Å²) in [4.78, 5) is 50.6. The van der Waals surface area contributed by atoms with E-state index in [1.165, 1.54) is 48.5 Å². The normalized spacial score (nSPS) is 14.2. The zero-order valence-corrected chi connectivity index (χ0v) is 17.4. The number of carbonyl (C=O) groups excluding carboxylic acids is 4. The zero-order chi connectivity index (χ0) is 23.4. The van der Waals surface area contributed by atoms with E-state index in [-0.39, 0.29) is 30.2 Å². The van der Waals surface area contributed by atoms with Crippen molar-refractivity contribution in [1.82, 2.24) is 0 Å². The van der Waals surface area contributed by atoms with E-state index in [1.54, 1.807) is 30.3 Å². The molecule has 0 aliphatic carbocycles. The lowest BCUT2D eigenvalue weighted by Crippen LogP contribution is -2.28. The minimum atomic E-state index is -1.26. The second kappa shape index (κ2) is 9.44. The minimum absolute atomic E-state index is 0.147. The highest BCUT2D eigenvalue weighted by atomic mass is 19.1. The van der Waals surface area contributed by atoms with E-state index in [0.717, 1.165) is 4.90 Å². The van der Waals surface area contributed by atoms with Gasteiger partial charge in [0.2, 0.25) is 17.9 Å². The molecule has 1 aliphatic rings. The Morgan fingerprint density at radius 1 is 0.848 bits per heavy atom. The largest absolute Gasteiger partial charge is 0.444 e. The predicted octanol–water partition coefficient (Wildman–Crippen LogP) is 4.02. The Kier molecular flexibility index (Phi) is 6.26. The Morgan fingerprint density at radius 3 is 2.06 bits per heavy atom. The molecule has 8 heteroatoms. The summed E-state index contributed by atoms with van der Waals surface area (Å²) in [6, 6.07) is 19.5. The van der Waals surface area contributed by atoms with E-state index in [4.69, 9.17) is 4.74 Å². The van der Waals surface area contributed by atoms with Gasteiger partial charge in [-0.15, -0.1) is 0 Å². The molecule has 1 aliphatic heterocycles. The Balaban J connectivity index is 1.52. The van der Waals surface area contributed by atoms with Crippen LogP contribution in [0.2, 0.25) is 0 Å². The highest BCUT2D eigenvalue weighted by Gasteiger charge is 2.30. The van der Waals surface area contributed by atoms with Gasteiger partial charge >= 0.3 is 5.97 Å². The lowest BCUT2D eigenvalue weighted by molar-refractivity contribution is -0.125. The van der Waals surface area contributed by atoms with Crippen molar-refractivity contribution in [3.05, 3.63) is 95.8 Å². The molecule has 1 atom stereocenters. The van der Waals surface area contributed by atoms with Crippen molar-refractivity contribution < 1.29 is 28.3 Å². The van der Waals surface area contributed by atoms with Gasteiger partial charge < -0.3 is 10.1 Å². The maximum atomic E-state index is 13.2. The number of hydrogen-bond donors (Lipinski definition) is 1. The molecular formula is C25H19FN2O5. The fraction of sp³-hybridized carbons (Fsp3) is 0.120. The molecular weight excluding hydrogens is 427 g/mol. The molecule has 0 radical (unpaired) electrons. The maximum absolute atomic E-state index is 13.2. The monoisotopic (exact) mass is 446 g/mol. The van der Waals surface area contributed by atoms with Gasteiger partial charge in [-0.2, -0.15) is 0 Å². The second-order valence-corrected chi connectivity index (χ2v) is 7.36. The molecule has 0 spiro atoms. The van der Waals surface area contributed by atoms with Crippen LogP contribution in [0.25, 0.3) is 0 Å². The number of benzene rings is 3. The number of imide groups is 1. The fourth-order valence-corrected chi connectivity index (χ4v) is 3.43. The standard InChI is InChI=1S/C25H19FN2O5/c26-18-8-10-19(11-9-18)27-24(31)23(16-4-2-1-3-5-16)33-25(32)17-6-12-20(13-7-17)28-21(29)14-15-22(28)30/h1-13,23H,14-15H2,(H,27,31). The third-order valence-electron chi connectivity index (χ3n) is 5.09. The third-order valence-corrected chi connectivity index (χ3v) is 5.09. The van der Waals surface area contributed by atoms with Gasteiger partial charge in [0.1, 0.15) is 5.82 Å². The number of ether oxygens (including phenoxy) is 1. The Labute approximate surface area is 188 Å². The van der Waals surface area contributed by atoms with Gasteiger partial charge in [-0.25, -0.2) is 9.18 Å². The van der Waals surface area contributed by atoms with Gasteiger partial charge in [0.05, 0.1) is 11.3 Å². The second-order valence-electron chi connectivity index (χ2n) is 7.36. The van der Waals surface area contributed by atoms with Crippen LogP contribution in [0.15, 0.2) is 78.9 Å². The number of halogens is 1. The third kappa shape index (κ3) is 4.95. The predicted molar refractivity (Wildman–Crippen MR) is 118 cm³/mol. The summed E-state index contributed by atoms with van der Waals surface area (Å²) in [6.07, 6.45) is -0.945. The topological polar surface area (TPSA) is 92.8 Å². The fourth-order valence-electron chi connectivity index (χ4n) is 3.43. The van der Waals surface area contributed by atoms with Crippen molar-refractivity contribution in [3.8, 4) is 0 Å². The summed E-state index contributed by atoms with van der Waals surface area (Å²) in [7, 11) is 0. The average molecular weight is 446 g/mol. The van der Waals surface area contributed by atoms with Gasteiger partial charge in [-0.1, -0.05) is 30.3 Å². The lowest BCUT2D eigenvalue weighted by Gasteiger charge is -2.19. The molecule has 7 nitrogen and oxygen atoms in total. The van der Waals surface area contributed by atoms with Crippen molar-refractivity contribution in [2.45, 2.75) is 18.9 Å². The highest BCUT2D eigenvalue weighted by Crippen LogP contribution is 2.25. The summed E-state index contributed by atoms with van der Waals surface area (Å²) in [6.45, 7) is 0. The molecule has 33 heavy (non-hydrogen) atoms. The summed E-state index contributed by atoms with van der Waals surface area (Å²) < 4.78 is 18.7. The van der Waals surface area contributed by atoms with E-state index >= 15 is 0 Å². The maximum Gasteiger partial charge on any atom is 0.339 e. The number of rotatable bonds is 6. The quantitative estimate of drug-likeness (QED) is 0.456. The molecule has 166 valence electrons. The number of carbonyl (C=O) groups is 4. The smallest absolute Gasteiger partial charge is 0.339 e. The van der Waals surface area contributed by atoms with Crippen molar-refractivity contribution in [1.29, 1.82) is 0 Å². The molecule has 3 aromatic rings. The summed E-state index contributed by atoms with van der Waals surface area (Å²) >= 11 is 0. The molecule has 1 N–H and O–H groups in total. The summed E-state index contributed by atoms with van der Waals surface area (Å²) in [5.74, 6) is -2.40. The number of nitrogens with one attached hydrogen (secondary N) is 1. The van der Waals surface area contributed by atoms with E-state index < -0.39 is 23.8 Å². The van der Waals surface area contributed by atoms with Crippen molar-refractivity contribution in [2.75, 3.05) is 10.2 Å². The van der Waals surface area contributed by atoms with Crippen LogP contribution in [0.1, 0.15) is 34.9 Å². The molecule has 1 fully saturated rings. The van der Waals surface area contributed by atoms with Gasteiger partial charge in [0.25, 0.3) is 5.91 Å². The Bertz CT molecular complexity index is 1180. The van der Waals surface area contributed by atoms with E-state index in [0.29, 0.717) is 16.9 Å². The first-order valence-electron chi connectivity index (χ1n) is 10.2. The first kappa shape index (κ1) is 21.9. The Hall–Kier alpha value is -4.33. The number of nitrogens with zero attached hydrogens (tertiary/aromatic N) is 1. The minimum Gasteiger partial charge on any atom is -0.444 e. The molecule has 3 amide bonds. The number of anilines is 2. The van der Waals surface area contributed by atoms with Crippen LogP contribution < -0.4 is 10.2 Å². The summed E-state index contributed by atoms with van der Waals surface area (Å²) in [5.41, 5.74) is 1.32. The summed E-state index contributed by atoms with van der Waals surface area (Å²) in [5, 5.41) is 2.62. The SMILES string of the molecule is O=C(OC(C(=O)Nc1ccc(F)cc1)c1ccccc1)c1ccc(N2C(=O)CCC2=O)cc1. The van der Waals surface area contributed by atoms with Gasteiger partial charge in [0.15, 0.2) is 0 Å². The molecule has 1 unspecified atom stereocenters. The van der Waals surface area contributed by atoms with Crippen molar-refractivity contribution in [2.24, 2.45) is 0 Å². The van der Waals surface area contributed by atoms with Crippen molar-refractivity contribution in [3.63, 3.8) is 0 Å². The van der Waals surface area contributed by atoms with E-state index in [2.05, 4.69) is 5.32 Å². The Morgan fingerprint density at radius 2 is 1.45 bits per heavy atom. The number of amides is 3. The van der Waals surface area contributed by atoms with Crippen LogP contribution in [-0.2, 0) is 19.1 Å². The van der Waals surface area contributed by atoms with Crippen LogP contribution in [0.3, 0.4) is 0 Å². The molecule has 1 saturated heterocycles. The van der Waals surface area contributed by atoms with Crippen LogP contribution in [0.4, 0.5) is 15.8 Å². The molecule has 0 aromatic heterocycles.